The molecule has 1 aromatic heterocycles. The van der Waals surface area contributed by atoms with Gasteiger partial charge in [0.1, 0.15) is 0 Å². The molecule has 0 aliphatic rings. The average Bonchev–Trinajstić information content (AvgIpc) is 2.70. The first-order valence-electron chi connectivity index (χ1n) is 6.12. The van der Waals surface area contributed by atoms with E-state index in [9.17, 15) is 8.42 Å². The Morgan fingerprint density at radius 3 is 2.67 bits per heavy atom. The Hall–Kier alpha value is -1.33. The van der Waals surface area contributed by atoms with Crippen molar-refractivity contribution in [2.75, 3.05) is 12.3 Å². The minimum Gasteiger partial charge on any atom is -0.330 e. The third-order valence-corrected chi connectivity index (χ3v) is 4.76. The van der Waals surface area contributed by atoms with Crippen LogP contribution in [0.15, 0.2) is 30.5 Å². The van der Waals surface area contributed by atoms with E-state index in [1.54, 1.807) is 6.20 Å². The molecule has 0 saturated heterocycles. The molecular formula is C13H18N2O2S. The number of benzene rings is 1. The Kier molecular flexibility index (Phi) is 3.73. The average molecular weight is 266 g/mol. The minimum atomic E-state index is -3.26. The highest BCUT2D eigenvalue weighted by atomic mass is 32.2. The van der Waals surface area contributed by atoms with Crippen molar-refractivity contribution in [3.8, 4) is 0 Å². The molecule has 0 saturated carbocycles. The molecule has 2 aromatic rings. The zero-order valence-corrected chi connectivity index (χ0v) is 11.3. The number of hydrogen-bond donors (Lipinski definition) is 1. The van der Waals surface area contributed by atoms with Crippen LogP contribution in [0, 0.1) is 0 Å². The lowest BCUT2D eigenvalue weighted by Gasteiger charge is -2.05. The summed E-state index contributed by atoms with van der Waals surface area (Å²) in [5, 5.41) is 0.975. The van der Waals surface area contributed by atoms with Gasteiger partial charge < -0.3 is 5.73 Å². The van der Waals surface area contributed by atoms with Gasteiger partial charge in [-0.15, -0.1) is 0 Å². The first-order chi connectivity index (χ1) is 8.60. The summed E-state index contributed by atoms with van der Waals surface area (Å²) in [6.45, 7) is 2.38. The molecule has 98 valence electrons. The maximum absolute atomic E-state index is 12.2. The van der Waals surface area contributed by atoms with Crippen LogP contribution in [-0.2, 0) is 16.4 Å². The largest absolute Gasteiger partial charge is 0.330 e. The van der Waals surface area contributed by atoms with Crippen LogP contribution in [0.5, 0.6) is 0 Å². The predicted molar refractivity (Wildman–Crippen MR) is 74.2 cm³/mol. The minimum absolute atomic E-state index is 0.160. The summed E-state index contributed by atoms with van der Waals surface area (Å²) in [6, 6.07) is 7.55. The molecule has 0 atom stereocenters. The molecule has 0 fully saturated rings. The smallest absolute Gasteiger partial charge is 0.238 e. The van der Waals surface area contributed by atoms with Gasteiger partial charge in [-0.25, -0.2) is 12.4 Å². The number of aromatic nitrogens is 1. The van der Waals surface area contributed by atoms with Gasteiger partial charge in [0.15, 0.2) is 0 Å². The van der Waals surface area contributed by atoms with E-state index in [-0.39, 0.29) is 5.75 Å². The van der Waals surface area contributed by atoms with Gasteiger partial charge in [0.2, 0.25) is 10.0 Å². The Morgan fingerprint density at radius 1 is 1.28 bits per heavy atom. The van der Waals surface area contributed by atoms with Crippen LogP contribution in [0.2, 0.25) is 0 Å². The normalized spacial score (nSPS) is 12.1. The van der Waals surface area contributed by atoms with Crippen molar-refractivity contribution in [1.82, 2.24) is 3.97 Å². The van der Waals surface area contributed by atoms with Crippen LogP contribution >= 0.6 is 0 Å². The lowest BCUT2D eigenvalue weighted by Crippen LogP contribution is -2.15. The van der Waals surface area contributed by atoms with Crippen molar-refractivity contribution in [2.24, 2.45) is 5.73 Å². The van der Waals surface area contributed by atoms with Gasteiger partial charge in [0.25, 0.3) is 0 Å². The van der Waals surface area contributed by atoms with E-state index in [1.165, 1.54) is 3.97 Å². The number of fused-ring (bicyclic) bond motifs is 1. The number of rotatable bonds is 5. The van der Waals surface area contributed by atoms with Crippen molar-refractivity contribution in [3.05, 3.63) is 36.0 Å². The molecule has 0 spiro atoms. The Morgan fingerprint density at radius 2 is 2.00 bits per heavy atom. The molecular weight excluding hydrogens is 248 g/mol. The van der Waals surface area contributed by atoms with Crippen molar-refractivity contribution in [1.29, 1.82) is 0 Å². The Balaban J connectivity index is 2.65. The molecule has 5 heteroatoms. The maximum atomic E-state index is 12.2. The molecule has 0 unspecified atom stereocenters. The van der Waals surface area contributed by atoms with Gasteiger partial charge in [-0.2, -0.15) is 0 Å². The van der Waals surface area contributed by atoms with Gasteiger partial charge in [-0.1, -0.05) is 25.1 Å². The number of nitrogens with zero attached hydrogens (tertiary/aromatic N) is 1. The third-order valence-electron chi connectivity index (χ3n) is 2.94. The molecule has 0 aliphatic carbocycles. The molecule has 0 bridgehead atoms. The zero-order valence-electron chi connectivity index (χ0n) is 10.5. The first kappa shape index (κ1) is 13.1. The van der Waals surface area contributed by atoms with Gasteiger partial charge in [0.05, 0.1) is 11.3 Å². The van der Waals surface area contributed by atoms with E-state index < -0.39 is 10.0 Å². The second kappa shape index (κ2) is 5.12. The first-order valence-corrected chi connectivity index (χ1v) is 7.73. The molecule has 0 aliphatic heterocycles. The van der Waals surface area contributed by atoms with E-state index in [0.29, 0.717) is 19.4 Å². The van der Waals surface area contributed by atoms with Crippen molar-refractivity contribution in [2.45, 2.75) is 19.8 Å². The quantitative estimate of drug-likeness (QED) is 0.896. The highest BCUT2D eigenvalue weighted by Crippen LogP contribution is 2.23. The van der Waals surface area contributed by atoms with Crippen LogP contribution < -0.4 is 5.73 Å². The molecule has 0 radical (unpaired) electrons. The monoisotopic (exact) mass is 266 g/mol. The van der Waals surface area contributed by atoms with E-state index in [0.717, 1.165) is 16.5 Å². The molecule has 1 aromatic carbocycles. The van der Waals surface area contributed by atoms with Crippen molar-refractivity contribution in [3.63, 3.8) is 0 Å². The van der Waals surface area contributed by atoms with Crippen LogP contribution in [0.1, 0.15) is 18.9 Å². The summed E-state index contributed by atoms with van der Waals surface area (Å²) in [6.07, 6.45) is 3.01. The van der Waals surface area contributed by atoms with E-state index >= 15 is 0 Å². The van der Waals surface area contributed by atoms with Crippen molar-refractivity contribution >= 4 is 20.9 Å². The van der Waals surface area contributed by atoms with E-state index in [2.05, 4.69) is 0 Å². The SMILES string of the molecule is CCCS(=O)(=O)n1cc(CCN)c2ccccc21. The fourth-order valence-corrected chi connectivity index (χ4v) is 3.62. The lowest BCUT2D eigenvalue weighted by molar-refractivity contribution is 0.587. The van der Waals surface area contributed by atoms with Gasteiger partial charge >= 0.3 is 0 Å². The van der Waals surface area contributed by atoms with Crippen LogP contribution in [0.4, 0.5) is 0 Å². The van der Waals surface area contributed by atoms with E-state index in [1.807, 2.05) is 31.2 Å². The highest BCUT2D eigenvalue weighted by Gasteiger charge is 2.17. The summed E-state index contributed by atoms with van der Waals surface area (Å²) in [7, 11) is -3.26. The standard InChI is InChI=1S/C13H18N2O2S/c1-2-9-18(16,17)15-10-11(7-8-14)12-5-3-4-6-13(12)15/h3-6,10H,2,7-9,14H2,1H3. The molecule has 4 nitrogen and oxygen atoms in total. The summed E-state index contributed by atoms with van der Waals surface area (Å²) >= 11 is 0. The summed E-state index contributed by atoms with van der Waals surface area (Å²) in [5.41, 5.74) is 7.31. The molecule has 0 amide bonds. The topological polar surface area (TPSA) is 65.1 Å². The maximum Gasteiger partial charge on any atom is 0.238 e. The summed E-state index contributed by atoms with van der Waals surface area (Å²) < 4.78 is 25.8. The molecule has 2 rings (SSSR count). The highest BCUT2D eigenvalue weighted by molar-refractivity contribution is 7.90. The fraction of sp³-hybridized carbons (Fsp3) is 0.385. The summed E-state index contributed by atoms with van der Waals surface area (Å²) in [4.78, 5) is 0. The zero-order chi connectivity index (χ0) is 13.2. The third kappa shape index (κ3) is 2.28. The van der Waals surface area contributed by atoms with Gasteiger partial charge in [0, 0.05) is 11.6 Å². The van der Waals surface area contributed by atoms with Crippen molar-refractivity contribution < 1.29 is 8.42 Å². The number of nitrogens with two attached hydrogens (primary N) is 1. The van der Waals surface area contributed by atoms with Crippen LogP contribution in [0.25, 0.3) is 10.9 Å². The fourth-order valence-electron chi connectivity index (χ4n) is 2.16. The van der Waals surface area contributed by atoms with Crippen LogP contribution in [0.3, 0.4) is 0 Å². The number of hydrogen-bond acceptors (Lipinski definition) is 3. The number of para-hydroxylation sites is 1. The van der Waals surface area contributed by atoms with E-state index in [4.69, 9.17) is 5.73 Å². The van der Waals surface area contributed by atoms with Gasteiger partial charge in [-0.05, 0) is 31.0 Å². The lowest BCUT2D eigenvalue weighted by atomic mass is 10.1. The molecule has 18 heavy (non-hydrogen) atoms. The van der Waals surface area contributed by atoms with Gasteiger partial charge in [-0.3, -0.25) is 0 Å². The summed E-state index contributed by atoms with van der Waals surface area (Å²) in [5.74, 6) is 0.160. The molecule has 2 N–H and O–H groups in total. The van der Waals surface area contributed by atoms with Crippen LogP contribution in [-0.4, -0.2) is 24.7 Å². The second-order valence-electron chi connectivity index (χ2n) is 4.32. The predicted octanol–water partition coefficient (Wildman–Crippen LogP) is 1.73. The Bertz CT molecular complexity index is 644. The Labute approximate surface area is 107 Å². The molecule has 1 heterocycles. The second-order valence-corrected chi connectivity index (χ2v) is 6.29.